The molecule has 140 valence electrons. The molecule has 0 N–H and O–H groups in total. The zero-order chi connectivity index (χ0) is 19.6. The molecule has 2 amide bonds. The van der Waals surface area contributed by atoms with Crippen LogP contribution in [0.1, 0.15) is 29.7 Å². The van der Waals surface area contributed by atoms with Crippen LogP contribution in [0.2, 0.25) is 0 Å². The largest absolute Gasteiger partial charge is 0.298 e. The third-order valence-corrected chi connectivity index (χ3v) is 6.00. The molecule has 0 unspecified atom stereocenters. The average Bonchev–Trinajstić information content (AvgIpc) is 3.16. The van der Waals surface area contributed by atoms with Crippen molar-refractivity contribution in [3.8, 4) is 0 Å². The minimum Gasteiger partial charge on any atom is -0.298 e. The molecule has 2 saturated heterocycles. The van der Waals surface area contributed by atoms with Gasteiger partial charge in [0.05, 0.1) is 29.8 Å². The molecule has 3 heterocycles. The number of Topliss-reactive ketones (excluding diaryl/α,β-unsaturated/α-hetero) is 1. The van der Waals surface area contributed by atoms with Gasteiger partial charge >= 0.3 is 0 Å². The summed E-state index contributed by atoms with van der Waals surface area (Å²) in [6.45, 7) is 3.42. The van der Waals surface area contributed by atoms with Crippen LogP contribution in [0.15, 0.2) is 53.6 Å². The Morgan fingerprint density at radius 3 is 2.36 bits per heavy atom. The van der Waals surface area contributed by atoms with Crippen molar-refractivity contribution in [3.63, 3.8) is 0 Å². The summed E-state index contributed by atoms with van der Waals surface area (Å²) in [4.78, 5) is 40.5. The van der Waals surface area contributed by atoms with Crippen molar-refractivity contribution < 1.29 is 14.4 Å². The van der Waals surface area contributed by atoms with Crippen molar-refractivity contribution in [1.29, 1.82) is 0 Å². The van der Waals surface area contributed by atoms with E-state index >= 15 is 0 Å². The molecule has 0 spiro atoms. The standard InChI is InChI=1S/C22H19N3O3/c1-12-7-9-15(10-8-12)24-21(27)17-18(22(24)28)20-16-6-4-3-5-14(16)11-23-25(20)19(17)13(2)26/h3-11,17-20H,1-2H3/t17-,18+,19-,20-/m0/s1. The second-order valence-electron chi connectivity index (χ2n) is 7.65. The maximum Gasteiger partial charge on any atom is 0.240 e. The molecule has 6 heteroatoms. The molecule has 2 fully saturated rings. The maximum absolute atomic E-state index is 13.4. The summed E-state index contributed by atoms with van der Waals surface area (Å²) in [5.74, 6) is -2.08. The zero-order valence-corrected chi connectivity index (χ0v) is 15.6. The van der Waals surface area contributed by atoms with Crippen LogP contribution in [0, 0.1) is 18.8 Å². The zero-order valence-electron chi connectivity index (χ0n) is 15.6. The summed E-state index contributed by atoms with van der Waals surface area (Å²) < 4.78 is 0. The SMILES string of the molecule is CC(=O)[C@H]1[C@H]2C(=O)N(c3ccc(C)cc3)C(=O)[C@H]2[C@@H]2c3ccccc3C=NN12. The molecule has 3 aliphatic rings. The van der Waals surface area contributed by atoms with Gasteiger partial charge in [-0.1, -0.05) is 42.0 Å². The van der Waals surface area contributed by atoms with Gasteiger partial charge in [-0.15, -0.1) is 0 Å². The molecule has 5 rings (SSSR count). The lowest BCUT2D eigenvalue weighted by Gasteiger charge is -2.33. The van der Waals surface area contributed by atoms with Crippen LogP contribution < -0.4 is 4.90 Å². The van der Waals surface area contributed by atoms with E-state index in [0.29, 0.717) is 5.69 Å². The first kappa shape index (κ1) is 16.9. The first-order valence-electron chi connectivity index (χ1n) is 9.35. The predicted octanol–water partition coefficient (Wildman–Crippen LogP) is 2.46. The minimum absolute atomic E-state index is 0.152. The van der Waals surface area contributed by atoms with Crippen LogP contribution in [0.5, 0.6) is 0 Å². The van der Waals surface area contributed by atoms with Crippen LogP contribution in [0.4, 0.5) is 5.69 Å². The monoisotopic (exact) mass is 373 g/mol. The highest BCUT2D eigenvalue weighted by atomic mass is 16.2. The van der Waals surface area contributed by atoms with Gasteiger partial charge in [0.15, 0.2) is 5.78 Å². The van der Waals surface area contributed by atoms with E-state index in [0.717, 1.165) is 16.7 Å². The van der Waals surface area contributed by atoms with E-state index < -0.39 is 23.9 Å². The second-order valence-corrected chi connectivity index (χ2v) is 7.65. The predicted molar refractivity (Wildman–Crippen MR) is 104 cm³/mol. The number of imide groups is 1. The maximum atomic E-state index is 13.4. The fourth-order valence-electron chi connectivity index (χ4n) is 4.77. The number of rotatable bonds is 2. The number of carbonyl (C=O) groups is 3. The number of hydrogen-bond acceptors (Lipinski definition) is 5. The molecule has 4 atom stereocenters. The van der Waals surface area contributed by atoms with E-state index in [1.807, 2.05) is 43.3 Å². The number of hydrogen-bond donors (Lipinski definition) is 0. The highest BCUT2D eigenvalue weighted by Gasteiger charge is 2.64. The van der Waals surface area contributed by atoms with Crippen molar-refractivity contribution in [2.45, 2.75) is 25.9 Å². The summed E-state index contributed by atoms with van der Waals surface area (Å²) in [5, 5.41) is 6.13. The Bertz CT molecular complexity index is 1040. The first-order valence-corrected chi connectivity index (χ1v) is 9.35. The van der Waals surface area contributed by atoms with Gasteiger partial charge in [-0.05, 0) is 37.1 Å². The summed E-state index contributed by atoms with van der Waals surface area (Å²) in [6.07, 6.45) is 1.70. The number of ketones is 1. The number of carbonyl (C=O) groups excluding carboxylic acids is 3. The molecule has 0 saturated carbocycles. The summed E-state index contributed by atoms with van der Waals surface area (Å²) in [6, 6.07) is 13.9. The highest BCUT2D eigenvalue weighted by Crippen LogP contribution is 2.52. The quantitative estimate of drug-likeness (QED) is 0.759. The average molecular weight is 373 g/mol. The first-order chi connectivity index (χ1) is 13.5. The van der Waals surface area contributed by atoms with Crippen LogP contribution in [0.25, 0.3) is 0 Å². The summed E-state index contributed by atoms with van der Waals surface area (Å²) in [5.41, 5.74) is 3.45. The van der Waals surface area contributed by atoms with Crippen molar-refractivity contribution in [2.24, 2.45) is 16.9 Å². The Morgan fingerprint density at radius 1 is 0.964 bits per heavy atom. The summed E-state index contributed by atoms with van der Waals surface area (Å²) in [7, 11) is 0. The molecule has 28 heavy (non-hydrogen) atoms. The topological polar surface area (TPSA) is 70.0 Å². The lowest BCUT2D eigenvalue weighted by molar-refractivity contribution is -0.129. The molecular weight excluding hydrogens is 354 g/mol. The lowest BCUT2D eigenvalue weighted by atomic mass is 9.84. The van der Waals surface area contributed by atoms with Gasteiger partial charge in [0, 0.05) is 0 Å². The molecule has 3 aliphatic heterocycles. The van der Waals surface area contributed by atoms with Crippen molar-refractivity contribution in [1.82, 2.24) is 5.01 Å². The normalized spacial score (nSPS) is 27.6. The van der Waals surface area contributed by atoms with E-state index in [9.17, 15) is 14.4 Å². The van der Waals surface area contributed by atoms with Gasteiger partial charge in [0.2, 0.25) is 11.8 Å². The molecular formula is C22H19N3O3. The van der Waals surface area contributed by atoms with Gasteiger partial charge < -0.3 is 0 Å². The van der Waals surface area contributed by atoms with E-state index in [4.69, 9.17) is 0 Å². The smallest absolute Gasteiger partial charge is 0.240 e. The van der Waals surface area contributed by atoms with Gasteiger partial charge in [0.25, 0.3) is 0 Å². The number of nitrogens with zero attached hydrogens (tertiary/aromatic N) is 3. The van der Waals surface area contributed by atoms with E-state index in [1.54, 1.807) is 23.4 Å². The van der Waals surface area contributed by atoms with Crippen molar-refractivity contribution in [2.75, 3.05) is 4.90 Å². The van der Waals surface area contributed by atoms with Crippen LogP contribution in [-0.4, -0.2) is 34.9 Å². The van der Waals surface area contributed by atoms with Crippen LogP contribution in [0.3, 0.4) is 0 Å². The van der Waals surface area contributed by atoms with Gasteiger partial charge in [-0.25, -0.2) is 4.90 Å². The number of fused-ring (bicyclic) bond motifs is 5. The van der Waals surface area contributed by atoms with Crippen LogP contribution in [-0.2, 0) is 14.4 Å². The van der Waals surface area contributed by atoms with Crippen LogP contribution >= 0.6 is 0 Å². The molecule has 2 aromatic carbocycles. The Kier molecular flexibility index (Phi) is 3.53. The van der Waals surface area contributed by atoms with Crippen molar-refractivity contribution >= 4 is 29.5 Å². The van der Waals surface area contributed by atoms with Gasteiger partial charge in [0.1, 0.15) is 6.04 Å². The van der Waals surface area contributed by atoms with E-state index in [1.165, 1.54) is 11.8 Å². The minimum atomic E-state index is -0.730. The molecule has 6 nitrogen and oxygen atoms in total. The second kappa shape index (κ2) is 5.86. The van der Waals surface area contributed by atoms with E-state index in [2.05, 4.69) is 5.10 Å². The lowest BCUT2D eigenvalue weighted by Crippen LogP contribution is -2.43. The number of amides is 2. The molecule has 0 aromatic heterocycles. The molecule has 0 aliphatic carbocycles. The number of anilines is 1. The Labute approximate surface area is 162 Å². The molecule has 0 bridgehead atoms. The third-order valence-electron chi connectivity index (χ3n) is 6.00. The van der Waals surface area contributed by atoms with Gasteiger partial charge in [-0.3, -0.25) is 19.4 Å². The van der Waals surface area contributed by atoms with Gasteiger partial charge in [-0.2, -0.15) is 5.10 Å². The molecule has 2 aromatic rings. The number of hydrazone groups is 1. The number of benzene rings is 2. The molecule has 0 radical (unpaired) electrons. The van der Waals surface area contributed by atoms with Crippen molar-refractivity contribution in [3.05, 3.63) is 65.2 Å². The summed E-state index contributed by atoms with van der Waals surface area (Å²) >= 11 is 0. The fraction of sp³-hybridized carbons (Fsp3) is 0.273. The third kappa shape index (κ3) is 2.14. The Morgan fingerprint density at radius 2 is 1.64 bits per heavy atom. The Balaban J connectivity index is 1.65. The number of aryl methyl sites for hydroxylation is 1. The van der Waals surface area contributed by atoms with E-state index in [-0.39, 0.29) is 17.6 Å². The Hall–Kier alpha value is -3.28. The fourth-order valence-corrected chi connectivity index (χ4v) is 4.77. The highest BCUT2D eigenvalue weighted by molar-refractivity contribution is 6.24.